The normalized spacial score (nSPS) is 19.0. The van der Waals surface area contributed by atoms with Gasteiger partial charge in [0.15, 0.2) is 11.5 Å². The van der Waals surface area contributed by atoms with Crippen molar-refractivity contribution in [1.82, 2.24) is 14.7 Å². The Labute approximate surface area is 136 Å². The molecule has 2 aliphatic heterocycles. The summed E-state index contributed by atoms with van der Waals surface area (Å²) in [4.78, 5) is 2.53. The number of likely N-dealkylation sites (tertiary alicyclic amines) is 1. The predicted molar refractivity (Wildman–Crippen MR) is 87.9 cm³/mol. The van der Waals surface area contributed by atoms with Crippen LogP contribution >= 0.6 is 0 Å². The molecule has 2 aliphatic rings. The zero-order valence-electron chi connectivity index (χ0n) is 13.6. The molecular weight excluding hydrogens is 290 g/mol. The fraction of sp³-hybridized carbons (Fsp3) is 0.500. The molecule has 1 saturated heterocycles. The van der Waals surface area contributed by atoms with Gasteiger partial charge >= 0.3 is 0 Å². The third-order valence-electron chi connectivity index (χ3n) is 4.88. The number of nitrogens with zero attached hydrogens (tertiary/aromatic N) is 3. The molecule has 3 heterocycles. The van der Waals surface area contributed by atoms with Gasteiger partial charge in [0, 0.05) is 31.4 Å². The van der Waals surface area contributed by atoms with Crippen molar-refractivity contribution in [2.45, 2.75) is 25.3 Å². The van der Waals surface area contributed by atoms with Crippen LogP contribution in [0.3, 0.4) is 0 Å². The van der Waals surface area contributed by atoms with Crippen molar-refractivity contribution in [3.8, 4) is 11.5 Å². The van der Waals surface area contributed by atoms with Crippen LogP contribution in [-0.4, -0.2) is 41.0 Å². The molecule has 0 bridgehead atoms. The molecule has 2 aromatic rings. The predicted octanol–water partition coefficient (Wildman–Crippen LogP) is 2.57. The first kappa shape index (κ1) is 14.6. The van der Waals surface area contributed by atoms with Gasteiger partial charge in [-0.15, -0.1) is 0 Å². The van der Waals surface area contributed by atoms with Crippen LogP contribution in [0.25, 0.3) is 0 Å². The molecule has 5 nitrogen and oxygen atoms in total. The summed E-state index contributed by atoms with van der Waals surface area (Å²) >= 11 is 0. The van der Waals surface area contributed by atoms with Crippen LogP contribution in [0.15, 0.2) is 30.5 Å². The molecule has 1 aromatic carbocycles. The van der Waals surface area contributed by atoms with E-state index >= 15 is 0 Å². The minimum absolute atomic E-state index is 0.638. The lowest BCUT2D eigenvalue weighted by Gasteiger charge is -2.32. The van der Waals surface area contributed by atoms with Crippen molar-refractivity contribution in [2.75, 3.05) is 26.3 Å². The van der Waals surface area contributed by atoms with Crippen LogP contribution in [0.1, 0.15) is 30.0 Å². The molecule has 0 atom stereocenters. The average Bonchev–Trinajstić information content (AvgIpc) is 3.02. The van der Waals surface area contributed by atoms with E-state index in [4.69, 9.17) is 9.47 Å². The summed E-state index contributed by atoms with van der Waals surface area (Å²) in [6.07, 6.45) is 4.30. The molecular formula is C18H23N3O2. The fourth-order valence-electron chi connectivity index (χ4n) is 3.62. The second kappa shape index (κ2) is 6.24. The minimum atomic E-state index is 0.638. The van der Waals surface area contributed by atoms with Gasteiger partial charge in [-0.1, -0.05) is 6.07 Å². The highest BCUT2D eigenvalue weighted by atomic mass is 16.6. The van der Waals surface area contributed by atoms with Gasteiger partial charge in [0.2, 0.25) is 0 Å². The van der Waals surface area contributed by atoms with Crippen molar-refractivity contribution in [2.24, 2.45) is 7.05 Å². The van der Waals surface area contributed by atoms with Gasteiger partial charge in [-0.3, -0.25) is 9.58 Å². The molecule has 1 fully saturated rings. The zero-order chi connectivity index (χ0) is 15.6. The molecule has 0 amide bonds. The molecule has 0 spiro atoms. The van der Waals surface area contributed by atoms with Crippen LogP contribution in [-0.2, 0) is 13.6 Å². The topological polar surface area (TPSA) is 39.5 Å². The number of aryl methyl sites for hydroxylation is 1. The van der Waals surface area contributed by atoms with Crippen LogP contribution in [0, 0.1) is 0 Å². The molecule has 0 saturated carbocycles. The Morgan fingerprint density at radius 2 is 1.87 bits per heavy atom. The molecule has 5 heteroatoms. The molecule has 0 unspecified atom stereocenters. The van der Waals surface area contributed by atoms with Crippen molar-refractivity contribution >= 4 is 0 Å². The second-order valence-corrected chi connectivity index (χ2v) is 6.41. The summed E-state index contributed by atoms with van der Waals surface area (Å²) < 4.78 is 13.3. The summed E-state index contributed by atoms with van der Waals surface area (Å²) in [6, 6.07) is 8.47. The largest absolute Gasteiger partial charge is 0.486 e. The standard InChI is InChI=1S/C18H23N3O2/c1-20-16(4-7-19-20)15-5-8-21(9-6-15)13-14-2-3-17-18(12-14)23-11-10-22-17/h2-4,7,12,15H,5-6,8-11,13H2,1H3. The Morgan fingerprint density at radius 1 is 1.09 bits per heavy atom. The van der Waals surface area contributed by atoms with E-state index in [0.717, 1.165) is 31.1 Å². The van der Waals surface area contributed by atoms with Gasteiger partial charge in [0.25, 0.3) is 0 Å². The number of aromatic nitrogens is 2. The number of piperidine rings is 1. The fourth-order valence-corrected chi connectivity index (χ4v) is 3.62. The molecule has 1 aromatic heterocycles. The van der Waals surface area contributed by atoms with E-state index in [0.29, 0.717) is 19.1 Å². The summed E-state index contributed by atoms with van der Waals surface area (Å²) in [6.45, 7) is 4.53. The summed E-state index contributed by atoms with van der Waals surface area (Å²) in [5.74, 6) is 2.40. The number of ether oxygens (including phenoxy) is 2. The summed E-state index contributed by atoms with van der Waals surface area (Å²) in [5, 5.41) is 4.30. The van der Waals surface area contributed by atoms with E-state index in [2.05, 4.69) is 28.2 Å². The lowest BCUT2D eigenvalue weighted by molar-refractivity contribution is 0.170. The lowest BCUT2D eigenvalue weighted by Crippen LogP contribution is -2.33. The maximum Gasteiger partial charge on any atom is 0.161 e. The zero-order valence-corrected chi connectivity index (χ0v) is 13.6. The Bertz CT molecular complexity index is 675. The molecule has 23 heavy (non-hydrogen) atoms. The highest BCUT2D eigenvalue weighted by Crippen LogP contribution is 2.32. The quantitative estimate of drug-likeness (QED) is 0.873. The summed E-state index contributed by atoms with van der Waals surface area (Å²) in [7, 11) is 2.04. The van der Waals surface area contributed by atoms with E-state index < -0.39 is 0 Å². The minimum Gasteiger partial charge on any atom is -0.486 e. The van der Waals surface area contributed by atoms with E-state index in [9.17, 15) is 0 Å². The third kappa shape index (κ3) is 3.06. The number of rotatable bonds is 3. The summed E-state index contributed by atoms with van der Waals surface area (Å²) in [5.41, 5.74) is 2.66. The van der Waals surface area contributed by atoms with Crippen molar-refractivity contribution < 1.29 is 9.47 Å². The maximum absolute atomic E-state index is 5.68. The first-order chi connectivity index (χ1) is 11.3. The van der Waals surface area contributed by atoms with Gasteiger partial charge in [0.1, 0.15) is 13.2 Å². The lowest BCUT2D eigenvalue weighted by atomic mass is 9.93. The van der Waals surface area contributed by atoms with Gasteiger partial charge in [-0.05, 0) is 49.7 Å². The van der Waals surface area contributed by atoms with Crippen molar-refractivity contribution in [1.29, 1.82) is 0 Å². The Morgan fingerprint density at radius 3 is 2.61 bits per heavy atom. The van der Waals surface area contributed by atoms with Gasteiger partial charge in [-0.25, -0.2) is 0 Å². The van der Waals surface area contributed by atoms with Crippen LogP contribution in [0.2, 0.25) is 0 Å². The average molecular weight is 313 g/mol. The first-order valence-corrected chi connectivity index (χ1v) is 8.38. The van der Waals surface area contributed by atoms with Gasteiger partial charge in [-0.2, -0.15) is 5.10 Å². The number of fused-ring (bicyclic) bond motifs is 1. The molecule has 0 radical (unpaired) electrons. The molecule has 0 aliphatic carbocycles. The third-order valence-corrected chi connectivity index (χ3v) is 4.88. The number of hydrogen-bond donors (Lipinski definition) is 0. The van der Waals surface area contributed by atoms with Crippen LogP contribution < -0.4 is 9.47 Å². The van der Waals surface area contributed by atoms with Gasteiger partial charge in [0.05, 0.1) is 0 Å². The number of hydrogen-bond acceptors (Lipinski definition) is 4. The Hall–Kier alpha value is -2.01. The van der Waals surface area contributed by atoms with E-state index in [1.165, 1.54) is 24.1 Å². The van der Waals surface area contributed by atoms with E-state index in [-0.39, 0.29) is 0 Å². The van der Waals surface area contributed by atoms with Crippen LogP contribution in [0.4, 0.5) is 0 Å². The monoisotopic (exact) mass is 313 g/mol. The van der Waals surface area contributed by atoms with E-state index in [1.54, 1.807) is 0 Å². The molecule has 4 rings (SSSR count). The second-order valence-electron chi connectivity index (χ2n) is 6.41. The Kier molecular flexibility index (Phi) is 3.95. The van der Waals surface area contributed by atoms with Crippen molar-refractivity contribution in [3.05, 3.63) is 41.7 Å². The smallest absolute Gasteiger partial charge is 0.161 e. The van der Waals surface area contributed by atoms with Crippen molar-refractivity contribution in [3.63, 3.8) is 0 Å². The maximum atomic E-state index is 5.68. The Balaban J connectivity index is 1.37. The number of benzene rings is 1. The highest BCUT2D eigenvalue weighted by Gasteiger charge is 2.23. The van der Waals surface area contributed by atoms with Gasteiger partial charge < -0.3 is 9.47 Å². The molecule has 0 N–H and O–H groups in total. The SMILES string of the molecule is Cn1nccc1C1CCN(Cc2ccc3c(c2)OCCO3)CC1. The first-order valence-electron chi connectivity index (χ1n) is 8.38. The molecule has 122 valence electrons. The van der Waals surface area contributed by atoms with Crippen LogP contribution in [0.5, 0.6) is 11.5 Å². The highest BCUT2D eigenvalue weighted by molar-refractivity contribution is 5.43. The van der Waals surface area contributed by atoms with E-state index in [1.807, 2.05) is 24.0 Å².